The van der Waals surface area contributed by atoms with Gasteiger partial charge >= 0.3 is 0 Å². The quantitative estimate of drug-likeness (QED) is 0.598. The Bertz CT molecular complexity index is 393. The van der Waals surface area contributed by atoms with Crippen LogP contribution in [0.2, 0.25) is 5.02 Å². The summed E-state index contributed by atoms with van der Waals surface area (Å²) >= 11 is 5.75. The molecule has 0 atom stereocenters. The molecule has 2 rings (SSSR count). The minimum absolute atomic E-state index is 0.685. The van der Waals surface area contributed by atoms with Crippen LogP contribution in [0.1, 0.15) is 5.82 Å². The van der Waals surface area contributed by atoms with Gasteiger partial charge in [0.2, 0.25) is 0 Å². The van der Waals surface area contributed by atoms with Crippen molar-refractivity contribution in [2.75, 3.05) is 0 Å². The van der Waals surface area contributed by atoms with Gasteiger partial charge in [0.1, 0.15) is 5.82 Å². The highest BCUT2D eigenvalue weighted by Crippen LogP contribution is 2.09. The van der Waals surface area contributed by atoms with Crippen molar-refractivity contribution in [3.05, 3.63) is 29.2 Å². The summed E-state index contributed by atoms with van der Waals surface area (Å²) in [6, 6.07) is 3.56. The van der Waals surface area contributed by atoms with E-state index in [0.29, 0.717) is 5.02 Å². The zero-order chi connectivity index (χ0) is 7.84. The van der Waals surface area contributed by atoms with Gasteiger partial charge in [0.25, 0.3) is 0 Å². The molecule has 0 unspecified atom stereocenters. The number of halogens is 1. The van der Waals surface area contributed by atoms with E-state index in [1.54, 1.807) is 22.8 Å². The number of aryl methyl sites for hydroxylation is 1. The number of hydrogen-bond donors (Lipinski definition) is 0. The van der Waals surface area contributed by atoms with Crippen LogP contribution in [0, 0.1) is 6.92 Å². The molecule has 0 bridgehead atoms. The van der Waals surface area contributed by atoms with Gasteiger partial charge in [-0.05, 0) is 13.0 Å². The summed E-state index contributed by atoms with van der Waals surface area (Å²) < 4.78 is 1.70. The maximum Gasteiger partial charge on any atom is 0.157 e. The highest BCUT2D eigenvalue weighted by molar-refractivity contribution is 6.30. The normalized spacial score (nSPS) is 10.7. The molecule has 4 heteroatoms. The maximum absolute atomic E-state index is 5.75. The third-order valence-electron chi connectivity index (χ3n) is 1.41. The van der Waals surface area contributed by atoms with Gasteiger partial charge in [0.05, 0.1) is 0 Å². The van der Waals surface area contributed by atoms with E-state index < -0.39 is 0 Å². The SMILES string of the molecule is Cc1nc2cc(Cl)ccn2n1. The Morgan fingerprint density at radius 1 is 1.55 bits per heavy atom. The zero-order valence-corrected chi connectivity index (χ0v) is 6.71. The van der Waals surface area contributed by atoms with Crippen molar-refractivity contribution in [1.29, 1.82) is 0 Å². The van der Waals surface area contributed by atoms with Crippen LogP contribution in [0.3, 0.4) is 0 Å². The molecule has 11 heavy (non-hydrogen) atoms. The standard InChI is InChI=1S/C7H6ClN3/c1-5-9-7-4-6(8)2-3-11(7)10-5/h2-4H,1H3. The minimum atomic E-state index is 0.685. The molecule has 0 N–H and O–H groups in total. The Labute approximate surface area is 68.6 Å². The van der Waals surface area contributed by atoms with Crippen LogP contribution >= 0.6 is 11.6 Å². The molecule has 2 heterocycles. The van der Waals surface area contributed by atoms with Crippen LogP contribution < -0.4 is 0 Å². The average molecular weight is 168 g/mol. The minimum Gasteiger partial charge on any atom is -0.221 e. The first-order valence-corrected chi connectivity index (χ1v) is 3.62. The smallest absolute Gasteiger partial charge is 0.157 e. The van der Waals surface area contributed by atoms with Crippen LogP contribution in [0.5, 0.6) is 0 Å². The van der Waals surface area contributed by atoms with Gasteiger partial charge in [0.15, 0.2) is 5.65 Å². The highest BCUT2D eigenvalue weighted by atomic mass is 35.5. The monoisotopic (exact) mass is 167 g/mol. The van der Waals surface area contributed by atoms with E-state index in [4.69, 9.17) is 11.6 Å². The van der Waals surface area contributed by atoms with E-state index >= 15 is 0 Å². The first kappa shape index (κ1) is 6.61. The summed E-state index contributed by atoms with van der Waals surface area (Å²) in [4.78, 5) is 4.14. The Balaban J connectivity index is 2.82. The fourth-order valence-electron chi connectivity index (χ4n) is 0.968. The largest absolute Gasteiger partial charge is 0.221 e. The number of aromatic nitrogens is 3. The molecule has 0 fully saturated rings. The van der Waals surface area contributed by atoms with E-state index in [2.05, 4.69) is 10.1 Å². The number of rotatable bonds is 0. The molecule has 3 nitrogen and oxygen atoms in total. The van der Waals surface area contributed by atoms with Crippen molar-refractivity contribution >= 4 is 17.2 Å². The summed E-state index contributed by atoms with van der Waals surface area (Å²) in [6.07, 6.45) is 1.79. The van der Waals surface area contributed by atoms with E-state index in [0.717, 1.165) is 11.5 Å². The Kier molecular flexibility index (Phi) is 1.32. The van der Waals surface area contributed by atoms with Crippen LogP contribution in [-0.4, -0.2) is 14.6 Å². The first-order valence-electron chi connectivity index (χ1n) is 3.24. The lowest BCUT2D eigenvalue weighted by atomic mass is 10.5. The van der Waals surface area contributed by atoms with E-state index in [1.165, 1.54) is 0 Å². The molecule has 2 aromatic heterocycles. The molecule has 0 saturated carbocycles. The summed E-state index contributed by atoms with van der Waals surface area (Å²) in [5.74, 6) is 0.757. The van der Waals surface area contributed by atoms with Crippen molar-refractivity contribution in [3.8, 4) is 0 Å². The van der Waals surface area contributed by atoms with Crippen LogP contribution in [0.4, 0.5) is 0 Å². The average Bonchev–Trinajstić information content (AvgIpc) is 2.27. The van der Waals surface area contributed by atoms with E-state index in [9.17, 15) is 0 Å². The number of fused-ring (bicyclic) bond motifs is 1. The predicted octanol–water partition coefficient (Wildman–Crippen LogP) is 1.69. The van der Waals surface area contributed by atoms with Gasteiger partial charge in [-0.2, -0.15) is 5.10 Å². The molecule has 0 amide bonds. The van der Waals surface area contributed by atoms with Gasteiger partial charge in [-0.25, -0.2) is 9.50 Å². The van der Waals surface area contributed by atoms with Crippen molar-refractivity contribution in [2.45, 2.75) is 6.92 Å². The van der Waals surface area contributed by atoms with Crippen LogP contribution in [0.15, 0.2) is 18.3 Å². The van der Waals surface area contributed by atoms with Gasteiger partial charge in [-0.1, -0.05) is 11.6 Å². The topological polar surface area (TPSA) is 30.2 Å². The maximum atomic E-state index is 5.75. The highest BCUT2D eigenvalue weighted by Gasteiger charge is 1.97. The van der Waals surface area contributed by atoms with Crippen molar-refractivity contribution in [2.24, 2.45) is 0 Å². The van der Waals surface area contributed by atoms with Gasteiger partial charge in [-0.3, -0.25) is 0 Å². The molecule has 0 aliphatic rings. The molecule has 0 aromatic carbocycles. The lowest BCUT2D eigenvalue weighted by molar-refractivity contribution is 0.931. The molecule has 2 aromatic rings. The molecule has 0 aliphatic carbocycles. The third-order valence-corrected chi connectivity index (χ3v) is 1.64. The Morgan fingerprint density at radius 2 is 2.36 bits per heavy atom. The van der Waals surface area contributed by atoms with Crippen molar-refractivity contribution < 1.29 is 0 Å². The number of nitrogens with zero attached hydrogens (tertiary/aromatic N) is 3. The van der Waals surface area contributed by atoms with Crippen molar-refractivity contribution in [1.82, 2.24) is 14.6 Å². The molecule has 0 spiro atoms. The van der Waals surface area contributed by atoms with Crippen LogP contribution in [0.25, 0.3) is 5.65 Å². The fourth-order valence-corrected chi connectivity index (χ4v) is 1.12. The summed E-state index contributed by atoms with van der Waals surface area (Å²) in [5.41, 5.74) is 0.787. The van der Waals surface area contributed by atoms with Crippen molar-refractivity contribution in [3.63, 3.8) is 0 Å². The molecular weight excluding hydrogens is 162 g/mol. The number of hydrogen-bond acceptors (Lipinski definition) is 2. The fraction of sp³-hybridized carbons (Fsp3) is 0.143. The molecular formula is C7H6ClN3. The Hall–Kier alpha value is -1.09. The lowest BCUT2D eigenvalue weighted by Gasteiger charge is -1.89. The number of pyridine rings is 1. The summed E-state index contributed by atoms with van der Waals surface area (Å²) in [5, 5.41) is 4.79. The molecule has 0 saturated heterocycles. The lowest BCUT2D eigenvalue weighted by Crippen LogP contribution is -1.84. The predicted molar refractivity (Wildman–Crippen MR) is 42.7 cm³/mol. The van der Waals surface area contributed by atoms with Gasteiger partial charge < -0.3 is 0 Å². The Morgan fingerprint density at radius 3 is 3.18 bits per heavy atom. The second kappa shape index (κ2) is 2.20. The van der Waals surface area contributed by atoms with Crippen LogP contribution in [-0.2, 0) is 0 Å². The summed E-state index contributed by atoms with van der Waals surface area (Å²) in [6.45, 7) is 1.85. The second-order valence-corrected chi connectivity index (χ2v) is 2.74. The third kappa shape index (κ3) is 1.07. The van der Waals surface area contributed by atoms with E-state index in [1.807, 2.05) is 6.92 Å². The van der Waals surface area contributed by atoms with E-state index in [-0.39, 0.29) is 0 Å². The molecule has 0 aliphatic heterocycles. The van der Waals surface area contributed by atoms with Gasteiger partial charge in [-0.15, -0.1) is 0 Å². The second-order valence-electron chi connectivity index (χ2n) is 2.31. The summed E-state index contributed by atoms with van der Waals surface area (Å²) in [7, 11) is 0. The van der Waals surface area contributed by atoms with Gasteiger partial charge in [0, 0.05) is 17.3 Å². The first-order chi connectivity index (χ1) is 5.25. The molecule has 0 radical (unpaired) electrons. The zero-order valence-electron chi connectivity index (χ0n) is 5.95. The molecule has 56 valence electrons.